The van der Waals surface area contributed by atoms with Gasteiger partial charge < -0.3 is 15.4 Å². The van der Waals surface area contributed by atoms with E-state index in [9.17, 15) is 0 Å². The van der Waals surface area contributed by atoms with Crippen LogP contribution in [0.1, 0.15) is 12.0 Å². The molecule has 0 unspecified atom stereocenters. The quantitative estimate of drug-likeness (QED) is 0.856. The molecular weight excluding hydrogens is 272 g/mol. The Morgan fingerprint density at radius 3 is 2.95 bits per heavy atom. The van der Waals surface area contributed by atoms with Gasteiger partial charge in [-0.15, -0.1) is 0 Å². The van der Waals surface area contributed by atoms with Crippen molar-refractivity contribution >= 4 is 23.0 Å². The summed E-state index contributed by atoms with van der Waals surface area (Å²) in [5, 5.41) is 0.716. The van der Waals surface area contributed by atoms with Crippen LogP contribution in [0.2, 0.25) is 5.02 Å². The van der Waals surface area contributed by atoms with Crippen molar-refractivity contribution < 1.29 is 4.74 Å². The van der Waals surface area contributed by atoms with Gasteiger partial charge in [-0.1, -0.05) is 23.7 Å². The van der Waals surface area contributed by atoms with Crippen molar-refractivity contribution in [3.8, 4) is 5.75 Å². The molecule has 0 bridgehead atoms. The fourth-order valence-electron chi connectivity index (χ4n) is 2.48. The molecule has 2 aromatic carbocycles. The van der Waals surface area contributed by atoms with E-state index in [1.807, 2.05) is 36.4 Å². The van der Waals surface area contributed by atoms with Crippen molar-refractivity contribution in [3.05, 3.63) is 53.1 Å². The minimum atomic E-state index is 0.716. The first-order chi connectivity index (χ1) is 9.74. The van der Waals surface area contributed by atoms with Crippen LogP contribution in [0.4, 0.5) is 11.4 Å². The number of benzene rings is 2. The third-order valence-electron chi connectivity index (χ3n) is 3.50. The lowest BCUT2D eigenvalue weighted by atomic mass is 10.1. The Morgan fingerprint density at radius 1 is 1.20 bits per heavy atom. The second-order valence-corrected chi connectivity index (χ2v) is 5.37. The van der Waals surface area contributed by atoms with Crippen molar-refractivity contribution in [2.75, 3.05) is 23.8 Å². The van der Waals surface area contributed by atoms with Gasteiger partial charge in [-0.25, -0.2) is 0 Å². The van der Waals surface area contributed by atoms with Crippen LogP contribution in [0, 0.1) is 0 Å². The molecule has 20 heavy (non-hydrogen) atoms. The molecule has 1 aliphatic heterocycles. The molecule has 2 N–H and O–H groups in total. The number of anilines is 2. The molecule has 4 heteroatoms. The number of hydrogen-bond acceptors (Lipinski definition) is 3. The third kappa shape index (κ3) is 2.68. The van der Waals surface area contributed by atoms with Gasteiger partial charge in [0.2, 0.25) is 0 Å². The normalized spacial score (nSPS) is 14.3. The lowest BCUT2D eigenvalue weighted by Crippen LogP contribution is -2.23. The van der Waals surface area contributed by atoms with Crippen molar-refractivity contribution in [3.63, 3.8) is 0 Å². The topological polar surface area (TPSA) is 38.5 Å². The highest BCUT2D eigenvalue weighted by Gasteiger charge is 2.16. The zero-order valence-electron chi connectivity index (χ0n) is 11.2. The summed E-state index contributed by atoms with van der Waals surface area (Å²) in [5.74, 6) is 0.936. The Bertz CT molecular complexity index is 615. The zero-order valence-corrected chi connectivity index (χ0v) is 11.9. The summed E-state index contributed by atoms with van der Waals surface area (Å²) >= 11 is 6.07. The Kier molecular flexibility index (Phi) is 3.70. The number of rotatable bonds is 2. The van der Waals surface area contributed by atoms with Gasteiger partial charge in [0.15, 0.2) is 0 Å². The van der Waals surface area contributed by atoms with E-state index < -0.39 is 0 Å². The minimum Gasteiger partial charge on any atom is -0.491 e. The molecule has 0 aromatic heterocycles. The lowest BCUT2D eigenvalue weighted by molar-refractivity contribution is 0.322. The Morgan fingerprint density at radius 2 is 2.05 bits per heavy atom. The van der Waals surface area contributed by atoms with E-state index in [0.29, 0.717) is 5.02 Å². The number of nitrogens with zero attached hydrogens (tertiary/aromatic N) is 1. The summed E-state index contributed by atoms with van der Waals surface area (Å²) in [6.45, 7) is 2.44. The molecule has 2 aromatic rings. The van der Waals surface area contributed by atoms with Gasteiger partial charge in [0.05, 0.1) is 12.3 Å². The van der Waals surface area contributed by atoms with Gasteiger partial charge in [-0.2, -0.15) is 0 Å². The van der Waals surface area contributed by atoms with Crippen molar-refractivity contribution in [2.24, 2.45) is 0 Å². The molecule has 0 aliphatic carbocycles. The molecule has 0 atom stereocenters. The zero-order chi connectivity index (χ0) is 13.9. The van der Waals surface area contributed by atoms with Gasteiger partial charge in [0, 0.05) is 23.8 Å². The Hall–Kier alpha value is -1.87. The largest absolute Gasteiger partial charge is 0.491 e. The molecule has 1 heterocycles. The summed E-state index contributed by atoms with van der Waals surface area (Å²) in [6.07, 6.45) is 0.995. The SMILES string of the molecule is Nc1ccc(Cl)cc1CN1CCCOc2ccccc21. The number of fused-ring (bicyclic) bond motifs is 1. The highest BCUT2D eigenvalue weighted by atomic mass is 35.5. The van der Waals surface area contributed by atoms with Crippen LogP contribution >= 0.6 is 11.6 Å². The molecule has 0 saturated heterocycles. The molecule has 0 saturated carbocycles. The van der Waals surface area contributed by atoms with E-state index in [2.05, 4.69) is 11.0 Å². The number of ether oxygens (including phenoxy) is 1. The predicted molar refractivity (Wildman–Crippen MR) is 83.5 cm³/mol. The first-order valence-corrected chi connectivity index (χ1v) is 7.12. The number of nitrogens with two attached hydrogens (primary N) is 1. The second-order valence-electron chi connectivity index (χ2n) is 4.93. The fourth-order valence-corrected chi connectivity index (χ4v) is 2.67. The third-order valence-corrected chi connectivity index (χ3v) is 3.74. The summed E-state index contributed by atoms with van der Waals surface area (Å²) in [5.41, 5.74) is 8.99. The highest BCUT2D eigenvalue weighted by molar-refractivity contribution is 6.30. The predicted octanol–water partition coefficient (Wildman–Crippen LogP) is 3.71. The average molecular weight is 289 g/mol. The van der Waals surface area contributed by atoms with E-state index in [-0.39, 0.29) is 0 Å². The standard InChI is InChI=1S/C16H17ClN2O/c17-13-6-7-14(18)12(10-13)11-19-8-3-9-20-16-5-2-1-4-15(16)19/h1-2,4-7,10H,3,8-9,11,18H2. The number of halogens is 1. The van der Waals surface area contributed by atoms with Crippen LogP contribution in [0.5, 0.6) is 5.75 Å². The first kappa shape index (κ1) is 13.1. The summed E-state index contributed by atoms with van der Waals surface area (Å²) in [7, 11) is 0. The van der Waals surface area contributed by atoms with Crippen LogP contribution in [-0.4, -0.2) is 13.2 Å². The maximum Gasteiger partial charge on any atom is 0.142 e. The average Bonchev–Trinajstić information content (AvgIpc) is 2.66. The van der Waals surface area contributed by atoms with Gasteiger partial charge in [0.25, 0.3) is 0 Å². The van der Waals surface area contributed by atoms with Crippen LogP contribution in [0.25, 0.3) is 0 Å². The Labute approximate surface area is 123 Å². The van der Waals surface area contributed by atoms with Crippen LogP contribution < -0.4 is 15.4 Å². The first-order valence-electron chi connectivity index (χ1n) is 6.75. The molecule has 0 radical (unpaired) electrons. The number of nitrogen functional groups attached to an aromatic ring is 1. The number of para-hydroxylation sites is 2. The molecule has 3 rings (SSSR count). The van der Waals surface area contributed by atoms with E-state index in [4.69, 9.17) is 22.1 Å². The summed E-state index contributed by atoms with van der Waals surface area (Å²) < 4.78 is 5.77. The van der Waals surface area contributed by atoms with Gasteiger partial charge >= 0.3 is 0 Å². The van der Waals surface area contributed by atoms with Gasteiger partial charge in [-0.3, -0.25) is 0 Å². The Balaban J connectivity index is 1.92. The van der Waals surface area contributed by atoms with Gasteiger partial charge in [-0.05, 0) is 42.3 Å². The molecule has 0 amide bonds. The van der Waals surface area contributed by atoms with E-state index in [1.165, 1.54) is 0 Å². The van der Waals surface area contributed by atoms with Crippen molar-refractivity contribution in [1.29, 1.82) is 0 Å². The molecule has 104 valence electrons. The monoisotopic (exact) mass is 288 g/mol. The maximum atomic E-state index is 6.07. The molecular formula is C16H17ClN2O. The molecule has 1 aliphatic rings. The summed E-state index contributed by atoms with van der Waals surface area (Å²) in [4.78, 5) is 2.30. The maximum absolute atomic E-state index is 6.07. The van der Waals surface area contributed by atoms with Crippen molar-refractivity contribution in [2.45, 2.75) is 13.0 Å². The van der Waals surface area contributed by atoms with Crippen LogP contribution in [0.15, 0.2) is 42.5 Å². The second kappa shape index (κ2) is 5.63. The van der Waals surface area contributed by atoms with E-state index in [1.54, 1.807) is 0 Å². The van der Waals surface area contributed by atoms with Crippen LogP contribution in [-0.2, 0) is 6.54 Å². The number of hydrogen-bond donors (Lipinski definition) is 1. The molecule has 0 fully saturated rings. The fraction of sp³-hybridized carbons (Fsp3) is 0.250. The van der Waals surface area contributed by atoms with E-state index in [0.717, 1.165) is 48.8 Å². The minimum absolute atomic E-state index is 0.716. The van der Waals surface area contributed by atoms with Crippen LogP contribution in [0.3, 0.4) is 0 Å². The van der Waals surface area contributed by atoms with E-state index >= 15 is 0 Å². The van der Waals surface area contributed by atoms with Gasteiger partial charge in [0.1, 0.15) is 5.75 Å². The smallest absolute Gasteiger partial charge is 0.142 e. The molecule has 3 nitrogen and oxygen atoms in total. The molecule has 0 spiro atoms. The highest BCUT2D eigenvalue weighted by Crippen LogP contribution is 2.32. The summed E-state index contributed by atoms with van der Waals surface area (Å²) in [6, 6.07) is 13.7. The lowest BCUT2D eigenvalue weighted by Gasteiger charge is -2.24. The van der Waals surface area contributed by atoms with Crippen molar-refractivity contribution in [1.82, 2.24) is 0 Å².